The first-order valence-electron chi connectivity index (χ1n) is 12.4. The van der Waals surface area contributed by atoms with Gasteiger partial charge in [0.2, 0.25) is 15.9 Å². The molecule has 2 aromatic carbocycles. The first-order chi connectivity index (χ1) is 16.7. The van der Waals surface area contributed by atoms with Gasteiger partial charge in [0.25, 0.3) is 0 Å². The summed E-state index contributed by atoms with van der Waals surface area (Å²) >= 11 is 6.06. The van der Waals surface area contributed by atoms with Crippen LogP contribution in [0.15, 0.2) is 48.5 Å². The lowest BCUT2D eigenvalue weighted by Crippen LogP contribution is -2.48. The van der Waals surface area contributed by atoms with Gasteiger partial charge in [-0.1, -0.05) is 35.9 Å². The van der Waals surface area contributed by atoms with Crippen molar-refractivity contribution in [3.63, 3.8) is 0 Å². The minimum atomic E-state index is -3.63. The molecule has 0 heterocycles. The number of nitrogens with one attached hydrogen (secondary N) is 1. The first kappa shape index (κ1) is 24.4. The number of para-hydroxylation sites is 1. The van der Waals surface area contributed by atoms with Gasteiger partial charge in [-0.05, 0) is 91.5 Å². The molecule has 0 atom stereocenters. The van der Waals surface area contributed by atoms with Crippen LogP contribution >= 0.6 is 11.6 Å². The van der Waals surface area contributed by atoms with Gasteiger partial charge in [0.1, 0.15) is 18.9 Å². The molecular weight excluding hydrogens is 484 g/mol. The molecule has 1 amide bonds. The maximum Gasteiger partial charge on any atom is 0.240 e. The quantitative estimate of drug-likeness (QED) is 0.487. The Hall–Kier alpha value is -2.25. The predicted molar refractivity (Wildman–Crippen MR) is 138 cm³/mol. The number of ether oxygens (including phenoxy) is 1. The Labute approximate surface area is 213 Å². The Morgan fingerprint density at radius 2 is 1.63 bits per heavy atom. The van der Waals surface area contributed by atoms with Gasteiger partial charge in [-0.15, -0.1) is 0 Å². The van der Waals surface area contributed by atoms with Gasteiger partial charge in [-0.2, -0.15) is 0 Å². The highest BCUT2D eigenvalue weighted by molar-refractivity contribution is 7.92. The van der Waals surface area contributed by atoms with E-state index < -0.39 is 10.0 Å². The van der Waals surface area contributed by atoms with Crippen molar-refractivity contribution in [2.45, 2.75) is 43.9 Å². The van der Waals surface area contributed by atoms with Crippen molar-refractivity contribution in [2.24, 2.45) is 17.8 Å². The lowest BCUT2D eigenvalue weighted by molar-refractivity contribution is -0.119. The minimum Gasteiger partial charge on any atom is -0.490 e. The van der Waals surface area contributed by atoms with E-state index in [0.29, 0.717) is 16.5 Å². The zero-order chi connectivity index (χ0) is 24.6. The van der Waals surface area contributed by atoms with Crippen molar-refractivity contribution in [3.8, 4) is 5.75 Å². The SMILES string of the molecule is CS(=O)(=O)N(CC(=O)NCCOc1ccccc1Cl)c1ccc(C23CC4CC(CC(C4)C2)C3)cc1. The molecule has 8 heteroatoms. The van der Waals surface area contributed by atoms with Crippen LogP contribution in [0.1, 0.15) is 44.1 Å². The smallest absolute Gasteiger partial charge is 0.240 e. The largest absolute Gasteiger partial charge is 0.490 e. The zero-order valence-corrected chi connectivity index (χ0v) is 21.7. The van der Waals surface area contributed by atoms with Gasteiger partial charge in [0.15, 0.2) is 0 Å². The lowest BCUT2D eigenvalue weighted by Gasteiger charge is -2.57. The highest BCUT2D eigenvalue weighted by Gasteiger charge is 2.51. The van der Waals surface area contributed by atoms with Gasteiger partial charge >= 0.3 is 0 Å². The number of halogens is 1. The second kappa shape index (κ2) is 9.66. The molecule has 0 radical (unpaired) electrons. The summed E-state index contributed by atoms with van der Waals surface area (Å²) in [4.78, 5) is 12.5. The molecule has 4 saturated carbocycles. The molecule has 0 spiro atoms. The first-order valence-corrected chi connectivity index (χ1v) is 14.7. The number of nitrogens with zero attached hydrogens (tertiary/aromatic N) is 1. The van der Waals surface area contributed by atoms with Crippen LogP contribution in [0.5, 0.6) is 5.75 Å². The van der Waals surface area contributed by atoms with Gasteiger partial charge in [-0.25, -0.2) is 8.42 Å². The number of rotatable bonds is 9. The predicted octanol–water partition coefficient (Wildman–Crippen LogP) is 4.77. The van der Waals surface area contributed by atoms with Crippen molar-refractivity contribution in [1.29, 1.82) is 0 Å². The summed E-state index contributed by atoms with van der Waals surface area (Å²) in [7, 11) is -3.63. The second-order valence-corrected chi connectivity index (χ2v) is 13.0. The third kappa shape index (κ3) is 5.31. The van der Waals surface area contributed by atoms with E-state index in [1.54, 1.807) is 12.1 Å². The molecule has 6 rings (SSSR count). The molecule has 35 heavy (non-hydrogen) atoms. The number of carbonyl (C=O) groups excluding carboxylic acids is 1. The standard InChI is InChI=1S/C27H33ClN2O4S/c1-35(32,33)30(18-26(31)29-10-11-34-25-5-3-2-4-24(25)28)23-8-6-22(7-9-23)27-15-19-12-20(16-27)14-21(13-19)17-27/h2-9,19-21H,10-18H2,1H3,(H,29,31). The highest BCUT2D eigenvalue weighted by atomic mass is 35.5. The summed E-state index contributed by atoms with van der Waals surface area (Å²) in [6, 6.07) is 15.0. The van der Waals surface area contributed by atoms with Crippen LogP contribution in [-0.2, 0) is 20.2 Å². The third-order valence-corrected chi connectivity index (χ3v) is 9.46. The fraction of sp³-hybridized carbons (Fsp3) is 0.519. The van der Waals surface area contributed by atoms with Crippen LogP contribution in [0.2, 0.25) is 5.02 Å². The minimum absolute atomic E-state index is 0.230. The van der Waals surface area contributed by atoms with Crippen molar-refractivity contribution in [1.82, 2.24) is 5.32 Å². The van der Waals surface area contributed by atoms with Crippen molar-refractivity contribution in [2.75, 3.05) is 30.3 Å². The van der Waals surface area contributed by atoms with Crippen molar-refractivity contribution >= 4 is 33.2 Å². The molecular formula is C27H33ClN2O4S. The molecule has 4 fully saturated rings. The van der Waals surface area contributed by atoms with Crippen molar-refractivity contribution in [3.05, 3.63) is 59.1 Å². The Kier molecular flexibility index (Phi) is 6.75. The molecule has 0 aliphatic heterocycles. The monoisotopic (exact) mass is 516 g/mol. The van der Waals surface area contributed by atoms with Crippen molar-refractivity contribution < 1.29 is 17.9 Å². The number of hydrogen-bond acceptors (Lipinski definition) is 4. The average Bonchev–Trinajstić information content (AvgIpc) is 2.80. The summed E-state index contributed by atoms with van der Waals surface area (Å²) in [5, 5.41) is 3.23. The third-order valence-electron chi connectivity index (χ3n) is 8.01. The van der Waals surface area contributed by atoms with Crippen LogP contribution in [0, 0.1) is 17.8 Å². The molecule has 4 bridgehead atoms. The summed E-state index contributed by atoms with van der Waals surface area (Å²) in [6.07, 6.45) is 9.06. The topological polar surface area (TPSA) is 75.7 Å². The van der Waals surface area contributed by atoms with Crippen LogP contribution in [0.3, 0.4) is 0 Å². The van der Waals surface area contributed by atoms with Crippen LogP contribution < -0.4 is 14.4 Å². The van der Waals surface area contributed by atoms with E-state index in [2.05, 4.69) is 17.4 Å². The molecule has 4 aliphatic rings. The highest BCUT2D eigenvalue weighted by Crippen LogP contribution is 2.60. The van der Waals surface area contributed by atoms with E-state index in [1.807, 2.05) is 24.3 Å². The molecule has 188 valence electrons. The normalized spacial score (nSPS) is 27.0. The summed E-state index contributed by atoms with van der Waals surface area (Å²) in [6.45, 7) is 0.197. The average molecular weight is 517 g/mol. The molecule has 6 nitrogen and oxygen atoms in total. The number of amides is 1. The number of carbonyl (C=O) groups is 1. The van der Waals surface area contributed by atoms with E-state index in [4.69, 9.17) is 16.3 Å². The summed E-state index contributed by atoms with van der Waals surface area (Å²) in [5.41, 5.74) is 2.10. The Morgan fingerprint density at radius 1 is 1.03 bits per heavy atom. The fourth-order valence-electron chi connectivity index (χ4n) is 6.95. The van der Waals surface area contributed by atoms with Crippen LogP contribution in [-0.4, -0.2) is 40.3 Å². The summed E-state index contributed by atoms with van der Waals surface area (Å²) in [5.74, 6) is 2.70. The zero-order valence-electron chi connectivity index (χ0n) is 20.1. The Balaban J connectivity index is 1.21. The Morgan fingerprint density at radius 3 is 2.20 bits per heavy atom. The number of hydrogen-bond donors (Lipinski definition) is 1. The molecule has 2 aromatic rings. The number of sulfonamides is 1. The van der Waals surface area contributed by atoms with Gasteiger partial charge in [-0.3, -0.25) is 9.10 Å². The van der Waals surface area contributed by atoms with Gasteiger partial charge in [0, 0.05) is 0 Å². The van der Waals surface area contributed by atoms with E-state index in [1.165, 1.54) is 48.4 Å². The van der Waals surface area contributed by atoms with E-state index in [0.717, 1.165) is 24.0 Å². The number of benzene rings is 2. The van der Waals surface area contributed by atoms with E-state index in [-0.39, 0.29) is 31.0 Å². The van der Waals surface area contributed by atoms with Gasteiger partial charge in [0.05, 0.1) is 23.5 Å². The van der Waals surface area contributed by atoms with E-state index in [9.17, 15) is 13.2 Å². The molecule has 0 saturated heterocycles. The maximum atomic E-state index is 12.5. The lowest BCUT2D eigenvalue weighted by atomic mass is 9.48. The fourth-order valence-corrected chi connectivity index (χ4v) is 7.99. The molecule has 4 aliphatic carbocycles. The molecule has 1 N–H and O–H groups in total. The van der Waals surface area contributed by atoms with E-state index >= 15 is 0 Å². The van der Waals surface area contributed by atoms with Gasteiger partial charge < -0.3 is 10.1 Å². The maximum absolute atomic E-state index is 12.5. The Bertz CT molecular complexity index is 1150. The number of anilines is 1. The van der Waals surface area contributed by atoms with Crippen LogP contribution in [0.25, 0.3) is 0 Å². The molecule has 0 unspecified atom stereocenters. The second-order valence-electron chi connectivity index (χ2n) is 10.6. The summed E-state index contributed by atoms with van der Waals surface area (Å²) < 4.78 is 31.8. The van der Waals surface area contributed by atoms with Crippen LogP contribution in [0.4, 0.5) is 5.69 Å². The molecule has 0 aromatic heterocycles.